The quantitative estimate of drug-likeness (QED) is 0.436. The molecule has 0 bridgehead atoms. The van der Waals surface area contributed by atoms with Gasteiger partial charge in [-0.3, -0.25) is 0 Å². The van der Waals surface area contributed by atoms with Crippen molar-refractivity contribution in [2.45, 2.75) is 77.3 Å². The lowest BCUT2D eigenvalue weighted by atomic mass is 9.59. The molecular weight excluding hydrogens is 400 g/mol. The molecule has 0 N–H and O–H groups in total. The lowest BCUT2D eigenvalue weighted by molar-refractivity contribution is -0.153. The maximum atomic E-state index is 11.7. The molecule has 32 heavy (non-hydrogen) atoms. The fourth-order valence-corrected chi connectivity index (χ4v) is 5.13. The number of rotatable bonds is 3. The zero-order chi connectivity index (χ0) is 23.5. The average Bonchev–Trinajstić information content (AvgIpc) is 3.09. The van der Waals surface area contributed by atoms with Crippen molar-refractivity contribution in [3.63, 3.8) is 0 Å². The van der Waals surface area contributed by atoms with Crippen LogP contribution in [0.5, 0.6) is 0 Å². The fourth-order valence-electron chi connectivity index (χ4n) is 5.13. The molecule has 2 aliphatic rings. The minimum Gasteiger partial charge on any atom is -0.465 e. The smallest absolute Gasteiger partial charge is 0.337 e. The van der Waals surface area contributed by atoms with Crippen molar-refractivity contribution in [1.82, 2.24) is 0 Å². The Labute approximate surface area is 191 Å². The van der Waals surface area contributed by atoms with Crippen LogP contribution in [0.1, 0.15) is 79.7 Å². The Bertz CT molecular complexity index is 1070. The molecule has 1 aliphatic heterocycles. The predicted octanol–water partition coefficient (Wildman–Crippen LogP) is 6.04. The fraction of sp³-hybridized carbons (Fsp3) is 0.464. The second-order valence-corrected chi connectivity index (χ2v) is 10.6. The lowest BCUT2D eigenvalue weighted by Crippen LogP contribution is -2.54. The van der Waals surface area contributed by atoms with E-state index in [0.717, 1.165) is 5.56 Å². The molecule has 0 saturated carbocycles. The zero-order valence-corrected chi connectivity index (χ0v) is 20.4. The number of hydrogen-bond donors (Lipinski definition) is 0. The third-order valence-electron chi connectivity index (χ3n) is 7.10. The van der Waals surface area contributed by atoms with Gasteiger partial charge in [0, 0.05) is 10.8 Å². The Morgan fingerprint density at radius 3 is 1.94 bits per heavy atom. The van der Waals surface area contributed by atoms with Gasteiger partial charge in [-0.25, -0.2) is 4.79 Å². The number of carbonyl (C=O) groups is 1. The molecule has 1 fully saturated rings. The van der Waals surface area contributed by atoms with Crippen LogP contribution in [0.3, 0.4) is 0 Å². The van der Waals surface area contributed by atoms with Gasteiger partial charge in [0.05, 0.1) is 24.9 Å². The van der Waals surface area contributed by atoms with Crippen LogP contribution in [-0.2, 0) is 25.0 Å². The lowest BCUT2D eigenvalue weighted by Gasteiger charge is -2.48. The van der Waals surface area contributed by atoms with Crippen molar-refractivity contribution in [3.8, 4) is 0 Å². The van der Waals surface area contributed by atoms with E-state index in [2.05, 4.69) is 58.9 Å². The van der Waals surface area contributed by atoms with Crippen molar-refractivity contribution < 1.29 is 19.0 Å². The number of methoxy groups -OCH3 is 1. The van der Waals surface area contributed by atoms with Crippen LogP contribution >= 0.6 is 0 Å². The molecule has 2 atom stereocenters. The molecule has 1 aliphatic carbocycles. The molecule has 0 amide bonds. The van der Waals surface area contributed by atoms with E-state index in [0.29, 0.717) is 5.56 Å². The number of hydrogen-bond acceptors (Lipinski definition) is 4. The molecule has 0 radical (unpaired) electrons. The second kappa shape index (κ2) is 7.57. The second-order valence-electron chi connectivity index (χ2n) is 10.6. The van der Waals surface area contributed by atoms with Gasteiger partial charge < -0.3 is 14.2 Å². The van der Waals surface area contributed by atoms with Crippen molar-refractivity contribution in [2.75, 3.05) is 7.11 Å². The Morgan fingerprint density at radius 2 is 1.41 bits per heavy atom. The van der Waals surface area contributed by atoms with Gasteiger partial charge in [-0.2, -0.15) is 0 Å². The third kappa shape index (κ3) is 3.70. The third-order valence-corrected chi connectivity index (χ3v) is 7.10. The predicted molar refractivity (Wildman–Crippen MR) is 128 cm³/mol. The van der Waals surface area contributed by atoms with E-state index < -0.39 is 5.79 Å². The Balaban J connectivity index is 1.71. The summed E-state index contributed by atoms with van der Waals surface area (Å²) >= 11 is 0. The molecule has 170 valence electrons. The van der Waals surface area contributed by atoms with Crippen LogP contribution in [0, 0.1) is 6.92 Å². The highest BCUT2D eigenvalue weighted by atomic mass is 16.8. The van der Waals surface area contributed by atoms with E-state index in [1.807, 2.05) is 26.0 Å². The largest absolute Gasteiger partial charge is 0.465 e. The summed E-state index contributed by atoms with van der Waals surface area (Å²) < 4.78 is 17.6. The van der Waals surface area contributed by atoms with Gasteiger partial charge in [0.15, 0.2) is 5.79 Å². The summed E-state index contributed by atoms with van der Waals surface area (Å²) in [6.07, 6.45) is 4.23. The Kier molecular flexibility index (Phi) is 5.38. The summed E-state index contributed by atoms with van der Waals surface area (Å²) in [5.41, 5.74) is 6.31. The number of benzene rings is 2. The summed E-state index contributed by atoms with van der Waals surface area (Å²) in [5, 5.41) is 0. The van der Waals surface area contributed by atoms with Gasteiger partial charge in [-0.15, -0.1) is 0 Å². The summed E-state index contributed by atoms with van der Waals surface area (Å²) in [6.45, 7) is 15.2. The summed E-state index contributed by atoms with van der Waals surface area (Å²) in [4.78, 5) is 11.7. The van der Waals surface area contributed by atoms with Crippen LogP contribution in [-0.4, -0.2) is 31.1 Å². The number of carbonyl (C=O) groups excluding carboxylic acids is 1. The molecule has 1 heterocycles. The van der Waals surface area contributed by atoms with Gasteiger partial charge in [0.1, 0.15) is 0 Å². The van der Waals surface area contributed by atoms with Gasteiger partial charge in [0.25, 0.3) is 0 Å². The summed E-state index contributed by atoms with van der Waals surface area (Å²) in [6, 6.07) is 12.1. The number of ether oxygens (including phenoxy) is 3. The highest BCUT2D eigenvalue weighted by Crippen LogP contribution is 2.53. The van der Waals surface area contributed by atoms with Crippen LogP contribution in [0.25, 0.3) is 12.2 Å². The average molecular weight is 435 g/mol. The summed E-state index contributed by atoms with van der Waals surface area (Å²) in [5.74, 6) is -0.907. The van der Waals surface area contributed by atoms with E-state index in [1.54, 1.807) is 12.1 Å². The minimum atomic E-state index is -0.583. The van der Waals surface area contributed by atoms with Gasteiger partial charge in [-0.05, 0) is 60.7 Å². The zero-order valence-electron chi connectivity index (χ0n) is 20.4. The summed E-state index contributed by atoms with van der Waals surface area (Å²) in [7, 11) is 1.39. The number of fused-ring (bicyclic) bond motifs is 2. The van der Waals surface area contributed by atoms with Crippen LogP contribution in [0.4, 0.5) is 0 Å². The first-order valence-corrected chi connectivity index (χ1v) is 11.2. The van der Waals surface area contributed by atoms with Gasteiger partial charge >= 0.3 is 5.97 Å². The number of esters is 1. The van der Waals surface area contributed by atoms with Crippen molar-refractivity contribution >= 4 is 18.1 Å². The highest BCUT2D eigenvalue weighted by molar-refractivity contribution is 5.89. The molecular formula is C28H34O4. The first kappa shape index (κ1) is 22.8. The minimum absolute atomic E-state index is 0.00844. The van der Waals surface area contributed by atoms with Crippen molar-refractivity contribution in [1.29, 1.82) is 0 Å². The van der Waals surface area contributed by atoms with E-state index in [-0.39, 0.29) is 29.0 Å². The SMILES string of the molecule is COC(=O)c1ccc(/C=C/c2cc3c(cc2C)C(C)(C)[C@@H]2OC(C)(C)O[C@@H]2C3(C)C)cc1. The van der Waals surface area contributed by atoms with E-state index in [1.165, 1.54) is 29.4 Å². The maximum absolute atomic E-state index is 11.7. The van der Waals surface area contributed by atoms with Gasteiger partial charge in [0.2, 0.25) is 0 Å². The standard InChI is InChI=1S/C28H34O4/c1-17-15-21-22(27(4,5)24-23(26(21,2)3)31-28(6,7)32-24)16-20(17)14-11-18-9-12-19(13-10-18)25(29)30-8/h9-16,23-24H,1-8H3/b14-11+/t23-,24+/m1/s1. The monoisotopic (exact) mass is 434 g/mol. The first-order chi connectivity index (χ1) is 14.9. The number of aryl methyl sites for hydroxylation is 1. The van der Waals surface area contributed by atoms with Crippen LogP contribution in [0.2, 0.25) is 0 Å². The topological polar surface area (TPSA) is 44.8 Å². The first-order valence-electron chi connectivity index (χ1n) is 11.2. The van der Waals surface area contributed by atoms with E-state index in [9.17, 15) is 4.79 Å². The normalized spacial score (nSPS) is 24.8. The maximum Gasteiger partial charge on any atom is 0.337 e. The van der Waals surface area contributed by atoms with Crippen molar-refractivity contribution in [2.24, 2.45) is 0 Å². The molecule has 2 aromatic carbocycles. The van der Waals surface area contributed by atoms with E-state index in [4.69, 9.17) is 14.2 Å². The van der Waals surface area contributed by atoms with Crippen LogP contribution < -0.4 is 0 Å². The van der Waals surface area contributed by atoms with Crippen molar-refractivity contribution in [3.05, 3.63) is 69.8 Å². The molecule has 4 nitrogen and oxygen atoms in total. The molecule has 0 spiro atoms. The van der Waals surface area contributed by atoms with Gasteiger partial charge in [-0.1, -0.05) is 64.1 Å². The molecule has 0 aromatic heterocycles. The van der Waals surface area contributed by atoms with E-state index >= 15 is 0 Å². The Hall–Kier alpha value is -2.43. The Morgan fingerprint density at radius 1 is 0.875 bits per heavy atom. The molecule has 1 saturated heterocycles. The van der Waals surface area contributed by atoms with Crippen LogP contribution in [0.15, 0.2) is 36.4 Å². The molecule has 2 aromatic rings. The molecule has 4 rings (SSSR count). The molecule has 0 unspecified atom stereocenters. The molecule has 4 heteroatoms. The highest BCUT2D eigenvalue weighted by Gasteiger charge is 2.59.